The Balaban J connectivity index is 1.43. The lowest BCUT2D eigenvalue weighted by Gasteiger charge is -2.18. The number of aromatic nitrogens is 3. The number of halogens is 5. The Bertz CT molecular complexity index is 1210. The molecule has 32 heavy (non-hydrogen) atoms. The maximum absolute atomic E-state index is 14.7. The van der Waals surface area contributed by atoms with Gasteiger partial charge in [-0.1, -0.05) is 12.1 Å². The first-order valence-electron chi connectivity index (χ1n) is 9.35. The van der Waals surface area contributed by atoms with Crippen LogP contribution in [0.5, 0.6) is 11.6 Å². The number of nitrogens with one attached hydrogen (secondary N) is 1. The fourth-order valence-corrected chi connectivity index (χ4v) is 2.94. The van der Waals surface area contributed by atoms with Crippen LogP contribution in [0.25, 0.3) is 10.9 Å². The largest absolute Gasteiger partial charge is 0.439 e. The Kier molecular flexibility index (Phi) is 5.60. The molecule has 0 radical (unpaired) electrons. The van der Waals surface area contributed by atoms with Crippen molar-refractivity contribution in [3.05, 3.63) is 84.3 Å². The van der Waals surface area contributed by atoms with E-state index < -0.39 is 24.2 Å². The molecule has 0 aliphatic carbocycles. The van der Waals surface area contributed by atoms with Crippen LogP contribution in [0.15, 0.2) is 73.2 Å². The average Bonchev–Trinajstić information content (AvgIpc) is 2.78. The van der Waals surface area contributed by atoms with Crippen LogP contribution in [0.2, 0.25) is 0 Å². The van der Waals surface area contributed by atoms with Crippen LogP contribution in [-0.4, -0.2) is 21.5 Å². The molecule has 4 aromatic rings. The second-order valence-electron chi connectivity index (χ2n) is 6.81. The number of hydrogen-bond donors (Lipinski definition) is 1. The third-order valence-electron chi connectivity index (χ3n) is 4.58. The Morgan fingerprint density at radius 3 is 2.19 bits per heavy atom. The van der Waals surface area contributed by atoms with Crippen molar-refractivity contribution in [2.75, 3.05) is 11.9 Å². The van der Waals surface area contributed by atoms with E-state index in [2.05, 4.69) is 20.3 Å². The minimum Gasteiger partial charge on any atom is -0.439 e. The summed E-state index contributed by atoms with van der Waals surface area (Å²) >= 11 is 0. The molecule has 4 rings (SSSR count). The van der Waals surface area contributed by atoms with Crippen LogP contribution in [-0.2, 0) is 12.1 Å². The van der Waals surface area contributed by atoms with E-state index in [-0.39, 0.29) is 17.2 Å². The predicted molar refractivity (Wildman–Crippen MR) is 108 cm³/mol. The van der Waals surface area contributed by atoms with Crippen molar-refractivity contribution in [1.29, 1.82) is 0 Å². The Hall–Kier alpha value is -3.82. The highest BCUT2D eigenvalue weighted by molar-refractivity contribution is 5.88. The predicted octanol–water partition coefficient (Wildman–Crippen LogP) is 6.04. The van der Waals surface area contributed by atoms with Gasteiger partial charge in [0.05, 0.1) is 17.6 Å². The van der Waals surface area contributed by atoms with Gasteiger partial charge in [-0.2, -0.15) is 22.0 Å². The summed E-state index contributed by atoms with van der Waals surface area (Å²) in [5.74, 6) is -2.86. The van der Waals surface area contributed by atoms with Crippen LogP contribution in [0, 0.1) is 0 Å². The molecular weight excluding hydrogens is 431 g/mol. The van der Waals surface area contributed by atoms with Crippen molar-refractivity contribution in [2.24, 2.45) is 0 Å². The molecule has 0 spiro atoms. The molecule has 1 N–H and O–H groups in total. The molecule has 10 heteroatoms. The number of para-hydroxylation sites is 1. The molecule has 0 saturated heterocycles. The Labute approximate surface area is 178 Å². The first kappa shape index (κ1) is 21.4. The minimum absolute atomic E-state index is 0.0881. The van der Waals surface area contributed by atoms with Gasteiger partial charge in [0, 0.05) is 23.2 Å². The third kappa shape index (κ3) is 4.74. The smallest absolute Gasteiger partial charge is 0.417 e. The summed E-state index contributed by atoms with van der Waals surface area (Å²) in [6.45, 7) is -0.700. The molecule has 0 fully saturated rings. The first-order valence-corrected chi connectivity index (χ1v) is 9.35. The van der Waals surface area contributed by atoms with Gasteiger partial charge in [0.25, 0.3) is 5.92 Å². The average molecular weight is 446 g/mol. The molecule has 0 atom stereocenters. The summed E-state index contributed by atoms with van der Waals surface area (Å²) in [6, 6.07) is 13.9. The molecule has 2 aromatic heterocycles. The molecule has 164 valence electrons. The number of fused-ring (bicyclic) bond motifs is 1. The summed E-state index contributed by atoms with van der Waals surface area (Å²) in [5.41, 5.74) is -0.549. The van der Waals surface area contributed by atoms with Gasteiger partial charge in [0.15, 0.2) is 0 Å². The number of rotatable bonds is 6. The van der Waals surface area contributed by atoms with E-state index in [9.17, 15) is 22.0 Å². The van der Waals surface area contributed by atoms with E-state index in [0.29, 0.717) is 22.9 Å². The maximum atomic E-state index is 14.7. The molecule has 0 amide bonds. The van der Waals surface area contributed by atoms with Gasteiger partial charge in [-0.15, -0.1) is 0 Å². The molecule has 0 saturated carbocycles. The van der Waals surface area contributed by atoms with E-state index in [1.165, 1.54) is 30.6 Å². The Morgan fingerprint density at radius 2 is 1.50 bits per heavy atom. The van der Waals surface area contributed by atoms with Gasteiger partial charge in [0.2, 0.25) is 5.88 Å². The molecular formula is C22H15F5N4O. The molecule has 0 bridgehead atoms. The second-order valence-corrected chi connectivity index (χ2v) is 6.81. The van der Waals surface area contributed by atoms with Crippen LogP contribution in [0.1, 0.15) is 11.1 Å². The van der Waals surface area contributed by atoms with Crippen molar-refractivity contribution in [3.63, 3.8) is 0 Å². The number of anilines is 1. The van der Waals surface area contributed by atoms with Gasteiger partial charge in [-0.25, -0.2) is 15.0 Å². The first-order chi connectivity index (χ1) is 15.2. The highest BCUT2D eigenvalue weighted by Gasteiger charge is 2.32. The van der Waals surface area contributed by atoms with Crippen LogP contribution >= 0.6 is 0 Å². The van der Waals surface area contributed by atoms with Crippen LogP contribution in [0.4, 0.5) is 27.8 Å². The van der Waals surface area contributed by atoms with E-state index in [4.69, 9.17) is 4.74 Å². The zero-order valence-corrected chi connectivity index (χ0v) is 16.3. The quantitative estimate of drug-likeness (QED) is 0.366. The third-order valence-corrected chi connectivity index (χ3v) is 4.58. The van der Waals surface area contributed by atoms with E-state index in [1.807, 2.05) is 0 Å². The normalized spacial score (nSPS) is 12.0. The lowest BCUT2D eigenvalue weighted by atomic mass is 10.1. The topological polar surface area (TPSA) is 59.9 Å². The van der Waals surface area contributed by atoms with Gasteiger partial charge >= 0.3 is 6.18 Å². The van der Waals surface area contributed by atoms with E-state index in [1.54, 1.807) is 24.3 Å². The standard InChI is InChI=1S/C22H15F5N4O/c23-21(24,12-29-20-17-3-1-2-4-18(17)30-13-31-20)14-5-8-16(9-6-14)32-19-10-7-15(11-28-19)22(25,26)27/h1-11,13H,12H2,(H,29,30,31). The molecule has 2 heterocycles. The molecule has 0 aliphatic rings. The fraction of sp³-hybridized carbons (Fsp3) is 0.136. The lowest BCUT2D eigenvalue weighted by molar-refractivity contribution is -0.137. The zero-order valence-electron chi connectivity index (χ0n) is 16.3. The fourth-order valence-electron chi connectivity index (χ4n) is 2.94. The van der Waals surface area contributed by atoms with Gasteiger partial charge in [-0.3, -0.25) is 0 Å². The number of benzene rings is 2. The summed E-state index contributed by atoms with van der Waals surface area (Å²) in [6.07, 6.45) is -2.57. The number of alkyl halides is 5. The monoisotopic (exact) mass is 446 g/mol. The van der Waals surface area contributed by atoms with Gasteiger partial charge in [0.1, 0.15) is 17.9 Å². The number of ether oxygens (including phenoxy) is 1. The molecule has 2 aromatic carbocycles. The van der Waals surface area contributed by atoms with Crippen molar-refractivity contribution in [1.82, 2.24) is 15.0 Å². The second kappa shape index (κ2) is 8.37. The van der Waals surface area contributed by atoms with Crippen molar-refractivity contribution >= 4 is 16.7 Å². The van der Waals surface area contributed by atoms with Gasteiger partial charge < -0.3 is 10.1 Å². The highest BCUT2D eigenvalue weighted by Crippen LogP contribution is 2.32. The number of nitrogens with zero attached hydrogens (tertiary/aromatic N) is 3. The maximum Gasteiger partial charge on any atom is 0.417 e. The van der Waals surface area contributed by atoms with Crippen molar-refractivity contribution in [3.8, 4) is 11.6 Å². The number of hydrogen-bond acceptors (Lipinski definition) is 5. The molecule has 0 aliphatic heterocycles. The molecule has 5 nitrogen and oxygen atoms in total. The number of pyridine rings is 1. The van der Waals surface area contributed by atoms with Crippen molar-refractivity contribution in [2.45, 2.75) is 12.1 Å². The zero-order chi connectivity index (χ0) is 22.8. The van der Waals surface area contributed by atoms with Gasteiger partial charge in [-0.05, 0) is 42.5 Å². The van der Waals surface area contributed by atoms with E-state index >= 15 is 0 Å². The van der Waals surface area contributed by atoms with E-state index in [0.717, 1.165) is 12.1 Å². The highest BCUT2D eigenvalue weighted by atomic mass is 19.4. The summed E-state index contributed by atoms with van der Waals surface area (Å²) < 4.78 is 72.5. The summed E-state index contributed by atoms with van der Waals surface area (Å²) in [5, 5.41) is 3.29. The lowest BCUT2D eigenvalue weighted by Crippen LogP contribution is -2.25. The molecule has 0 unspecified atom stereocenters. The van der Waals surface area contributed by atoms with Crippen LogP contribution in [0.3, 0.4) is 0 Å². The summed E-state index contributed by atoms with van der Waals surface area (Å²) in [4.78, 5) is 11.7. The van der Waals surface area contributed by atoms with Crippen LogP contribution < -0.4 is 10.1 Å². The minimum atomic E-state index is -4.51. The Morgan fingerprint density at radius 1 is 0.781 bits per heavy atom. The summed E-state index contributed by atoms with van der Waals surface area (Å²) in [7, 11) is 0. The SMILES string of the molecule is FC(F)(F)c1ccc(Oc2ccc(C(F)(F)CNc3ncnc4ccccc34)cc2)nc1. The van der Waals surface area contributed by atoms with Crippen molar-refractivity contribution < 1.29 is 26.7 Å².